The van der Waals surface area contributed by atoms with Crippen LogP contribution in [-0.2, 0) is 16.2 Å². The summed E-state index contributed by atoms with van der Waals surface area (Å²) in [6, 6.07) is 41.8. The van der Waals surface area contributed by atoms with E-state index in [2.05, 4.69) is 191 Å². The summed E-state index contributed by atoms with van der Waals surface area (Å²) in [6.07, 6.45) is 1.92. The molecule has 0 atom stereocenters. The summed E-state index contributed by atoms with van der Waals surface area (Å²) in [5.74, 6) is 0.901. The first-order valence-electron chi connectivity index (χ1n) is 20.9. The maximum absolute atomic E-state index is 11.7. The number of phenolic OH excluding ortho intramolecular Hbond substituents is 1. The van der Waals surface area contributed by atoms with Crippen molar-refractivity contribution in [1.29, 1.82) is 0 Å². The van der Waals surface area contributed by atoms with Crippen molar-refractivity contribution in [3.8, 4) is 56.2 Å². The third-order valence-electron chi connectivity index (χ3n) is 11.8. The summed E-state index contributed by atoms with van der Waals surface area (Å²) in [5, 5.41) is 12.8. The molecule has 2 aromatic heterocycles. The van der Waals surface area contributed by atoms with E-state index in [1.807, 2.05) is 18.3 Å². The average Bonchev–Trinajstić information content (AvgIpc) is 3.55. The smallest absolute Gasteiger partial charge is 0.149 e. The summed E-state index contributed by atoms with van der Waals surface area (Å²) >= 11 is 0. The fourth-order valence-corrected chi connectivity index (χ4v) is 8.33. The molecule has 0 aliphatic heterocycles. The molecule has 0 saturated heterocycles. The Balaban J connectivity index is 1.47. The van der Waals surface area contributed by atoms with Gasteiger partial charge in [0.1, 0.15) is 11.6 Å². The number of benzene rings is 6. The van der Waals surface area contributed by atoms with E-state index in [-0.39, 0.29) is 22.0 Å². The number of aryl methyl sites for hydroxylation is 3. The van der Waals surface area contributed by atoms with E-state index in [4.69, 9.17) is 9.97 Å². The van der Waals surface area contributed by atoms with Gasteiger partial charge in [0, 0.05) is 28.4 Å². The van der Waals surface area contributed by atoms with Crippen LogP contribution < -0.4 is 0 Å². The van der Waals surface area contributed by atoms with Crippen molar-refractivity contribution in [3.05, 3.63) is 155 Å². The van der Waals surface area contributed by atoms with Crippen LogP contribution >= 0.6 is 0 Å². The highest BCUT2D eigenvalue weighted by Gasteiger charge is 2.25. The Kier molecular flexibility index (Phi) is 9.70. The van der Waals surface area contributed by atoms with Crippen LogP contribution in [0.1, 0.15) is 95.7 Å². The third-order valence-corrected chi connectivity index (χ3v) is 11.8. The van der Waals surface area contributed by atoms with Gasteiger partial charge in [-0.25, -0.2) is 4.98 Å². The zero-order valence-corrected chi connectivity index (χ0v) is 36.8. The lowest BCUT2D eigenvalue weighted by atomic mass is 9.83. The lowest BCUT2D eigenvalue weighted by Crippen LogP contribution is -2.11. The molecule has 0 aliphatic carbocycles. The molecule has 1 N–H and O–H groups in total. The van der Waals surface area contributed by atoms with Crippen molar-refractivity contribution in [2.45, 2.75) is 99.3 Å². The van der Waals surface area contributed by atoms with Crippen LogP contribution in [0, 0.1) is 20.8 Å². The molecule has 0 unspecified atom stereocenters. The Hall–Kier alpha value is -6.00. The number of aromatic nitrogens is 3. The molecule has 4 nitrogen and oxygen atoms in total. The monoisotopic (exact) mass is 775 g/mol. The summed E-state index contributed by atoms with van der Waals surface area (Å²) in [6.45, 7) is 26.7. The molecule has 0 fully saturated rings. The standard InChI is InChI=1S/C55H57N3O/c1-33-24-34(2)26-38(25-33)39-28-45(36-14-13-15-37(27-36)46-32-42(55(10,11)12)31-44-35(3)22-23-56-50(44)46)51-48(29-39)58(43-19-16-40(17-20-43)53(4,5)6)52(57-51)47-30-41(54(7,8)9)18-21-49(47)59/h13-32,59H,1-12H3. The number of hydrogen-bond acceptors (Lipinski definition) is 3. The van der Waals surface area contributed by atoms with E-state index >= 15 is 0 Å². The molecule has 2 heterocycles. The number of nitrogens with zero attached hydrogens (tertiary/aromatic N) is 3. The van der Waals surface area contributed by atoms with E-state index < -0.39 is 0 Å². The minimum absolute atomic E-state index is 0.00198. The van der Waals surface area contributed by atoms with Gasteiger partial charge in [-0.3, -0.25) is 9.55 Å². The maximum atomic E-state index is 11.7. The normalized spacial score (nSPS) is 12.5. The van der Waals surface area contributed by atoms with Crippen LogP contribution in [0.4, 0.5) is 0 Å². The zero-order chi connectivity index (χ0) is 42.2. The quantitative estimate of drug-likeness (QED) is 0.189. The van der Waals surface area contributed by atoms with Gasteiger partial charge in [-0.2, -0.15) is 0 Å². The van der Waals surface area contributed by atoms with Crippen LogP contribution in [-0.4, -0.2) is 19.6 Å². The Morgan fingerprint density at radius 1 is 0.492 bits per heavy atom. The number of fused-ring (bicyclic) bond motifs is 2. The Labute approximate surface area is 350 Å². The SMILES string of the molecule is Cc1cc(C)cc(-c2cc(-c3cccc(-c4cc(C(C)(C)C)cc5c(C)ccnc45)c3)c3nc(-c4cc(C(C)(C)C)ccc4O)n(-c4ccc(C(C)(C)C)cc4)c3c2)c1. The second-order valence-electron chi connectivity index (χ2n) is 19.7. The minimum atomic E-state index is -0.128. The highest BCUT2D eigenvalue weighted by molar-refractivity contribution is 6.01. The molecule has 6 aromatic carbocycles. The van der Waals surface area contributed by atoms with Crippen LogP contribution in [0.3, 0.4) is 0 Å². The zero-order valence-electron chi connectivity index (χ0n) is 36.8. The Bertz CT molecular complexity index is 2890. The Morgan fingerprint density at radius 3 is 1.69 bits per heavy atom. The van der Waals surface area contributed by atoms with Gasteiger partial charge in [0.2, 0.25) is 0 Å². The maximum Gasteiger partial charge on any atom is 0.149 e. The van der Waals surface area contributed by atoms with Crippen molar-refractivity contribution < 1.29 is 5.11 Å². The van der Waals surface area contributed by atoms with E-state index in [1.54, 1.807) is 0 Å². The van der Waals surface area contributed by atoms with Crippen molar-refractivity contribution in [1.82, 2.24) is 14.5 Å². The predicted molar refractivity (Wildman–Crippen MR) is 250 cm³/mol. The van der Waals surface area contributed by atoms with E-state index in [0.717, 1.165) is 61.2 Å². The topological polar surface area (TPSA) is 50.9 Å². The molecule has 8 aromatic rings. The lowest BCUT2D eigenvalue weighted by Gasteiger charge is -2.22. The van der Waals surface area contributed by atoms with Crippen molar-refractivity contribution >= 4 is 21.9 Å². The molecular formula is C55H57N3O. The molecule has 0 bridgehead atoms. The van der Waals surface area contributed by atoms with Crippen LogP contribution in [0.25, 0.3) is 72.4 Å². The van der Waals surface area contributed by atoms with Crippen LogP contribution in [0.5, 0.6) is 5.75 Å². The number of pyridine rings is 1. The second-order valence-corrected chi connectivity index (χ2v) is 19.7. The Morgan fingerprint density at radius 2 is 1.07 bits per heavy atom. The van der Waals surface area contributed by atoms with E-state index in [1.165, 1.54) is 33.2 Å². The number of rotatable bonds is 5. The summed E-state index contributed by atoms with van der Waals surface area (Å²) in [7, 11) is 0. The molecular weight excluding hydrogens is 719 g/mol. The van der Waals surface area contributed by atoms with Gasteiger partial charge < -0.3 is 5.11 Å². The fourth-order valence-electron chi connectivity index (χ4n) is 8.33. The molecule has 59 heavy (non-hydrogen) atoms. The number of phenols is 1. The predicted octanol–water partition coefficient (Wildman–Crippen LogP) is 14.8. The molecule has 298 valence electrons. The highest BCUT2D eigenvalue weighted by atomic mass is 16.3. The van der Waals surface area contributed by atoms with E-state index in [9.17, 15) is 5.11 Å². The van der Waals surface area contributed by atoms with Crippen LogP contribution in [0.2, 0.25) is 0 Å². The molecule has 0 amide bonds. The third kappa shape index (κ3) is 7.58. The van der Waals surface area contributed by atoms with Gasteiger partial charge in [0.25, 0.3) is 0 Å². The molecule has 0 aliphatic rings. The highest BCUT2D eigenvalue weighted by Crippen LogP contribution is 2.43. The molecule has 4 heteroatoms. The van der Waals surface area contributed by atoms with Crippen molar-refractivity contribution in [2.75, 3.05) is 0 Å². The molecule has 0 saturated carbocycles. The van der Waals surface area contributed by atoms with Crippen molar-refractivity contribution in [2.24, 2.45) is 0 Å². The van der Waals surface area contributed by atoms with Gasteiger partial charge in [0.15, 0.2) is 0 Å². The first-order chi connectivity index (χ1) is 27.8. The summed E-state index contributed by atoms with van der Waals surface area (Å²) in [5.41, 5.74) is 18.2. The minimum Gasteiger partial charge on any atom is -0.507 e. The number of imidazole rings is 1. The molecule has 8 rings (SSSR count). The van der Waals surface area contributed by atoms with E-state index in [0.29, 0.717) is 11.4 Å². The number of hydrogen-bond donors (Lipinski definition) is 1. The first-order valence-corrected chi connectivity index (χ1v) is 20.9. The first kappa shape index (κ1) is 39.8. The van der Waals surface area contributed by atoms with Gasteiger partial charge in [-0.05, 0) is 142 Å². The van der Waals surface area contributed by atoms with Gasteiger partial charge in [0.05, 0.1) is 22.1 Å². The fraction of sp³-hybridized carbons (Fsp3) is 0.273. The van der Waals surface area contributed by atoms with Crippen LogP contribution in [0.15, 0.2) is 121 Å². The summed E-state index contributed by atoms with van der Waals surface area (Å²) in [4.78, 5) is 10.5. The lowest BCUT2D eigenvalue weighted by molar-refractivity contribution is 0.475. The average molecular weight is 776 g/mol. The molecule has 0 spiro atoms. The van der Waals surface area contributed by atoms with Gasteiger partial charge in [-0.1, -0.05) is 128 Å². The van der Waals surface area contributed by atoms with Crippen molar-refractivity contribution in [3.63, 3.8) is 0 Å². The number of aromatic hydroxyl groups is 1. The van der Waals surface area contributed by atoms with Gasteiger partial charge in [-0.15, -0.1) is 0 Å². The second kappa shape index (κ2) is 14.4. The largest absolute Gasteiger partial charge is 0.507 e. The van der Waals surface area contributed by atoms with Gasteiger partial charge >= 0.3 is 0 Å². The molecule has 0 radical (unpaired) electrons. The summed E-state index contributed by atoms with van der Waals surface area (Å²) < 4.78 is 2.25.